The van der Waals surface area contributed by atoms with E-state index in [9.17, 15) is 9.59 Å². The second kappa shape index (κ2) is 8.78. The number of terminal acetylenes is 1. The molecule has 1 aliphatic heterocycles. The van der Waals surface area contributed by atoms with Gasteiger partial charge in [0.15, 0.2) is 6.61 Å². The van der Waals surface area contributed by atoms with Crippen LogP contribution in [0.3, 0.4) is 0 Å². The van der Waals surface area contributed by atoms with Gasteiger partial charge in [-0.2, -0.15) is 0 Å². The molecule has 0 saturated carbocycles. The number of nitrogens with one attached hydrogen (secondary N) is 1. The molecule has 6 heteroatoms. The number of carbonyl (C=O) groups excluding carboxylic acids is 2. The minimum Gasteiger partial charge on any atom is -0.493 e. The molecule has 1 aliphatic rings. The van der Waals surface area contributed by atoms with Gasteiger partial charge < -0.3 is 19.5 Å². The van der Waals surface area contributed by atoms with Gasteiger partial charge in [-0.3, -0.25) is 4.79 Å². The van der Waals surface area contributed by atoms with Crippen LogP contribution in [0.15, 0.2) is 18.2 Å². The van der Waals surface area contributed by atoms with Crippen molar-refractivity contribution in [3.8, 4) is 23.8 Å². The first kappa shape index (κ1) is 18.4. The van der Waals surface area contributed by atoms with Crippen molar-refractivity contribution in [3.63, 3.8) is 0 Å². The molecule has 0 aromatic heterocycles. The molecule has 132 valence electrons. The van der Waals surface area contributed by atoms with Crippen molar-refractivity contribution in [3.05, 3.63) is 29.3 Å². The van der Waals surface area contributed by atoms with Crippen LogP contribution in [0.4, 0.5) is 0 Å². The number of hydrogen-bond donors (Lipinski definition) is 1. The van der Waals surface area contributed by atoms with Gasteiger partial charge in [0.05, 0.1) is 13.2 Å². The first-order chi connectivity index (χ1) is 12.0. The number of hydrogen-bond acceptors (Lipinski definition) is 5. The lowest BCUT2D eigenvalue weighted by Crippen LogP contribution is -2.28. The molecule has 1 aromatic rings. The van der Waals surface area contributed by atoms with Gasteiger partial charge in [0.1, 0.15) is 17.6 Å². The van der Waals surface area contributed by atoms with Crippen LogP contribution in [0.25, 0.3) is 6.08 Å². The Morgan fingerprint density at radius 1 is 1.48 bits per heavy atom. The third-order valence-corrected chi connectivity index (χ3v) is 3.46. The molecule has 0 spiro atoms. The number of fused-ring (bicyclic) bond motifs is 1. The molecule has 1 atom stereocenters. The van der Waals surface area contributed by atoms with Crippen LogP contribution in [-0.2, 0) is 20.7 Å². The molecular weight excluding hydrogens is 322 g/mol. The van der Waals surface area contributed by atoms with Crippen LogP contribution in [0.1, 0.15) is 25.0 Å². The highest BCUT2D eigenvalue weighted by Gasteiger charge is 2.21. The lowest BCUT2D eigenvalue weighted by Gasteiger charge is -2.10. The van der Waals surface area contributed by atoms with E-state index < -0.39 is 11.9 Å². The first-order valence-electron chi connectivity index (χ1n) is 8.04. The van der Waals surface area contributed by atoms with E-state index in [1.807, 2.05) is 26.0 Å². The molecule has 1 N–H and O–H groups in total. The fraction of sp³-hybridized carbons (Fsp3) is 0.368. The summed E-state index contributed by atoms with van der Waals surface area (Å²) in [6, 6.07) is 3.77. The van der Waals surface area contributed by atoms with Crippen molar-refractivity contribution in [1.29, 1.82) is 0 Å². The standard InChI is InChI=1S/C19H21NO5/c1-4-8-20-18(21)12-24-19(22)7-6-14-10-17-15(9-13(3)25-17)11-16(14)23-5-2/h1,6-7,10-11,13H,5,8-9,12H2,2-3H3,(H,20,21)/b7-6+/t13-/m1/s1. The lowest BCUT2D eigenvalue weighted by atomic mass is 10.1. The van der Waals surface area contributed by atoms with E-state index in [1.165, 1.54) is 6.08 Å². The average molecular weight is 343 g/mol. The third-order valence-electron chi connectivity index (χ3n) is 3.46. The molecule has 0 fully saturated rings. The SMILES string of the molecule is C#CCNC(=O)COC(=O)/C=C/c1cc2c(cc1OCC)C[C@@H](C)O2. The van der Waals surface area contributed by atoms with Gasteiger partial charge in [0.25, 0.3) is 5.91 Å². The van der Waals surface area contributed by atoms with Gasteiger partial charge in [-0.15, -0.1) is 6.42 Å². The second-order valence-electron chi connectivity index (χ2n) is 5.49. The smallest absolute Gasteiger partial charge is 0.331 e. The van der Waals surface area contributed by atoms with E-state index in [0.29, 0.717) is 17.9 Å². The largest absolute Gasteiger partial charge is 0.493 e. The highest BCUT2D eigenvalue weighted by Crippen LogP contribution is 2.35. The zero-order valence-corrected chi connectivity index (χ0v) is 14.3. The van der Waals surface area contributed by atoms with Crippen LogP contribution < -0.4 is 14.8 Å². The van der Waals surface area contributed by atoms with Gasteiger partial charge in [0.2, 0.25) is 0 Å². The van der Waals surface area contributed by atoms with E-state index in [2.05, 4.69) is 11.2 Å². The van der Waals surface area contributed by atoms with Crippen LogP contribution in [0, 0.1) is 12.3 Å². The maximum absolute atomic E-state index is 11.7. The molecule has 0 radical (unpaired) electrons. The van der Waals surface area contributed by atoms with Gasteiger partial charge >= 0.3 is 5.97 Å². The molecule has 2 rings (SSSR count). The van der Waals surface area contributed by atoms with Crippen LogP contribution in [0.2, 0.25) is 0 Å². The van der Waals surface area contributed by atoms with E-state index >= 15 is 0 Å². The summed E-state index contributed by atoms with van der Waals surface area (Å²) in [6.07, 6.45) is 8.80. The zero-order valence-electron chi connectivity index (χ0n) is 14.3. The highest BCUT2D eigenvalue weighted by molar-refractivity contribution is 5.89. The third kappa shape index (κ3) is 5.28. The predicted octanol–water partition coefficient (Wildman–Crippen LogP) is 1.71. The molecule has 0 unspecified atom stereocenters. The normalized spacial score (nSPS) is 15.2. The summed E-state index contributed by atoms with van der Waals surface area (Å²) in [5.41, 5.74) is 1.80. The van der Waals surface area contributed by atoms with Gasteiger partial charge in [-0.1, -0.05) is 5.92 Å². The lowest BCUT2D eigenvalue weighted by molar-refractivity contribution is -0.143. The number of esters is 1. The van der Waals surface area contributed by atoms with Crippen LogP contribution >= 0.6 is 0 Å². The Balaban J connectivity index is 2.02. The Kier molecular flexibility index (Phi) is 6.47. The monoisotopic (exact) mass is 343 g/mol. The number of rotatable bonds is 7. The van der Waals surface area contributed by atoms with Crippen molar-refractivity contribution in [2.75, 3.05) is 19.8 Å². The summed E-state index contributed by atoms with van der Waals surface area (Å²) >= 11 is 0. The first-order valence-corrected chi connectivity index (χ1v) is 8.04. The summed E-state index contributed by atoms with van der Waals surface area (Å²) in [7, 11) is 0. The van der Waals surface area contributed by atoms with Crippen LogP contribution in [0.5, 0.6) is 11.5 Å². The van der Waals surface area contributed by atoms with Crippen molar-refractivity contribution in [2.45, 2.75) is 26.4 Å². The Bertz CT molecular complexity index is 717. The highest BCUT2D eigenvalue weighted by atomic mass is 16.5. The van der Waals surface area contributed by atoms with E-state index in [1.54, 1.807) is 6.08 Å². The fourth-order valence-corrected chi connectivity index (χ4v) is 2.41. The summed E-state index contributed by atoms with van der Waals surface area (Å²) in [4.78, 5) is 23.1. The fourth-order valence-electron chi connectivity index (χ4n) is 2.41. The van der Waals surface area contributed by atoms with E-state index in [0.717, 1.165) is 17.7 Å². The summed E-state index contributed by atoms with van der Waals surface area (Å²) in [6.45, 7) is 4.11. The zero-order chi connectivity index (χ0) is 18.2. The molecule has 1 heterocycles. The Morgan fingerprint density at radius 3 is 3.00 bits per heavy atom. The maximum Gasteiger partial charge on any atom is 0.331 e. The number of ether oxygens (including phenoxy) is 3. The van der Waals surface area contributed by atoms with Crippen LogP contribution in [-0.4, -0.2) is 37.7 Å². The number of carbonyl (C=O) groups is 2. The molecule has 0 aliphatic carbocycles. The predicted molar refractivity (Wildman–Crippen MR) is 93.2 cm³/mol. The molecule has 6 nitrogen and oxygen atoms in total. The van der Waals surface area contributed by atoms with Gasteiger partial charge in [-0.05, 0) is 32.1 Å². The minimum atomic E-state index is -0.631. The van der Waals surface area contributed by atoms with Gasteiger partial charge in [-0.25, -0.2) is 4.79 Å². The van der Waals surface area contributed by atoms with Crippen molar-refractivity contribution >= 4 is 18.0 Å². The van der Waals surface area contributed by atoms with E-state index in [-0.39, 0.29) is 19.3 Å². The Labute approximate surface area is 147 Å². The Morgan fingerprint density at radius 2 is 2.28 bits per heavy atom. The maximum atomic E-state index is 11.7. The van der Waals surface area contributed by atoms with Crippen molar-refractivity contribution in [2.24, 2.45) is 0 Å². The molecule has 0 saturated heterocycles. The minimum absolute atomic E-state index is 0.0947. The second-order valence-corrected chi connectivity index (χ2v) is 5.49. The molecule has 1 aromatic carbocycles. The van der Waals surface area contributed by atoms with Gasteiger partial charge in [0, 0.05) is 23.6 Å². The molecule has 25 heavy (non-hydrogen) atoms. The summed E-state index contributed by atoms with van der Waals surface area (Å²) in [5, 5.41) is 2.41. The molecular formula is C19H21NO5. The molecule has 0 bridgehead atoms. The summed E-state index contributed by atoms with van der Waals surface area (Å²) < 4.78 is 16.2. The number of amides is 1. The summed E-state index contributed by atoms with van der Waals surface area (Å²) in [5.74, 6) is 2.65. The molecule has 1 amide bonds. The number of benzene rings is 1. The quantitative estimate of drug-likeness (QED) is 0.463. The average Bonchev–Trinajstić information content (AvgIpc) is 2.95. The Hall–Kier alpha value is -2.94. The van der Waals surface area contributed by atoms with Crippen molar-refractivity contribution < 1.29 is 23.8 Å². The van der Waals surface area contributed by atoms with E-state index in [4.69, 9.17) is 20.6 Å². The topological polar surface area (TPSA) is 73.9 Å². The van der Waals surface area contributed by atoms with Crippen molar-refractivity contribution in [1.82, 2.24) is 5.32 Å².